The fourth-order valence-electron chi connectivity index (χ4n) is 3.30. The molecule has 0 atom stereocenters. The van der Waals surface area contributed by atoms with Gasteiger partial charge in [0.25, 0.3) is 0 Å². The van der Waals surface area contributed by atoms with Crippen molar-refractivity contribution >= 4 is 49.9 Å². The number of carbonyl (C=O) groups is 1. The van der Waals surface area contributed by atoms with Gasteiger partial charge < -0.3 is 4.57 Å². The van der Waals surface area contributed by atoms with E-state index in [1.165, 1.54) is 0 Å². The van der Waals surface area contributed by atoms with Gasteiger partial charge in [-0.1, -0.05) is 51.8 Å². The summed E-state index contributed by atoms with van der Waals surface area (Å²) < 4.78 is 3.21. The summed E-state index contributed by atoms with van der Waals surface area (Å²) in [6.07, 6.45) is 4.19. The van der Waals surface area contributed by atoms with Crippen LogP contribution in [0.5, 0.6) is 0 Å². The number of benzene rings is 2. The van der Waals surface area contributed by atoms with E-state index in [0.29, 0.717) is 11.4 Å². The highest BCUT2D eigenvalue weighted by atomic mass is 79.9. The molecule has 0 amide bonds. The molecule has 0 aliphatic heterocycles. The molecule has 0 saturated carbocycles. The van der Waals surface area contributed by atoms with Crippen LogP contribution in [-0.4, -0.2) is 10.4 Å². The molecule has 1 aromatic heterocycles. The number of halogens is 2. The molecule has 24 heavy (non-hydrogen) atoms. The third-order valence-corrected chi connectivity index (χ3v) is 5.31. The fraction of sp³-hybridized carbons (Fsp3) is 0.150. The first-order valence-electron chi connectivity index (χ1n) is 7.93. The second-order valence-corrected chi connectivity index (χ2v) is 7.29. The minimum atomic E-state index is 0.193. The van der Waals surface area contributed by atoms with Gasteiger partial charge in [-0.15, -0.1) is 0 Å². The quantitative estimate of drug-likeness (QED) is 0.493. The zero-order chi connectivity index (χ0) is 16.7. The summed E-state index contributed by atoms with van der Waals surface area (Å²) in [5.74, 6) is 0.193. The SMILES string of the molecule is O=C1C=C(n2c(-c3ccccc3Br)cc3ccc(Cl)cc32)CCC1. The van der Waals surface area contributed by atoms with Crippen LogP contribution in [0.3, 0.4) is 0 Å². The van der Waals surface area contributed by atoms with E-state index in [0.717, 1.165) is 45.2 Å². The van der Waals surface area contributed by atoms with Gasteiger partial charge in [0.05, 0.1) is 11.2 Å². The molecule has 0 bridgehead atoms. The molecule has 3 aromatic rings. The van der Waals surface area contributed by atoms with Crippen LogP contribution >= 0.6 is 27.5 Å². The second-order valence-electron chi connectivity index (χ2n) is 6.00. The number of ketones is 1. The minimum Gasteiger partial charge on any atom is -0.313 e. The average Bonchev–Trinajstić information content (AvgIpc) is 2.93. The predicted octanol–water partition coefficient (Wildman–Crippen LogP) is 6.32. The molecule has 1 heterocycles. The van der Waals surface area contributed by atoms with E-state index >= 15 is 0 Å². The lowest BCUT2D eigenvalue weighted by molar-refractivity contribution is -0.114. The van der Waals surface area contributed by atoms with Crippen LogP contribution in [0, 0.1) is 0 Å². The maximum Gasteiger partial charge on any atom is 0.157 e. The Morgan fingerprint density at radius 3 is 2.67 bits per heavy atom. The Morgan fingerprint density at radius 2 is 1.88 bits per heavy atom. The lowest BCUT2D eigenvalue weighted by atomic mass is 10.0. The molecule has 1 aliphatic carbocycles. The molecular formula is C20H15BrClNO. The summed E-state index contributed by atoms with van der Waals surface area (Å²) in [4.78, 5) is 12.0. The summed E-state index contributed by atoms with van der Waals surface area (Å²) in [5.41, 5.74) is 4.24. The number of carbonyl (C=O) groups excluding carboxylic acids is 1. The van der Waals surface area contributed by atoms with Crippen molar-refractivity contribution in [2.45, 2.75) is 19.3 Å². The molecular weight excluding hydrogens is 386 g/mol. The third kappa shape index (κ3) is 2.72. The van der Waals surface area contributed by atoms with E-state index in [-0.39, 0.29) is 5.78 Å². The van der Waals surface area contributed by atoms with Crippen LogP contribution in [0.1, 0.15) is 19.3 Å². The molecule has 4 heteroatoms. The molecule has 0 radical (unpaired) electrons. The standard InChI is InChI=1S/C20H15BrClNO/c21-18-7-2-1-6-17(18)20-10-13-8-9-14(22)11-19(13)23(20)15-4-3-5-16(24)12-15/h1-2,6-12H,3-5H2. The summed E-state index contributed by atoms with van der Waals surface area (Å²) in [5, 5.41) is 1.81. The van der Waals surface area contributed by atoms with Crippen LogP contribution in [-0.2, 0) is 4.79 Å². The molecule has 0 N–H and O–H groups in total. The topological polar surface area (TPSA) is 22.0 Å². The van der Waals surface area contributed by atoms with Gasteiger partial charge in [0, 0.05) is 38.6 Å². The molecule has 120 valence electrons. The van der Waals surface area contributed by atoms with Gasteiger partial charge in [0.2, 0.25) is 0 Å². The number of fused-ring (bicyclic) bond motifs is 1. The number of hydrogen-bond acceptors (Lipinski definition) is 1. The Labute approximate surface area is 153 Å². The van der Waals surface area contributed by atoms with E-state index in [1.807, 2.05) is 36.4 Å². The normalized spacial score (nSPS) is 14.9. The van der Waals surface area contributed by atoms with Gasteiger partial charge in [-0.3, -0.25) is 4.79 Å². The van der Waals surface area contributed by atoms with E-state index in [4.69, 9.17) is 11.6 Å². The maximum absolute atomic E-state index is 12.0. The molecule has 0 spiro atoms. The second kappa shape index (κ2) is 6.23. The molecule has 0 fully saturated rings. The summed E-state index contributed by atoms with van der Waals surface area (Å²) >= 11 is 9.88. The van der Waals surface area contributed by atoms with Crippen molar-refractivity contribution < 1.29 is 4.79 Å². The monoisotopic (exact) mass is 399 g/mol. The zero-order valence-electron chi connectivity index (χ0n) is 12.9. The first kappa shape index (κ1) is 15.7. The van der Waals surface area contributed by atoms with Crippen molar-refractivity contribution in [2.75, 3.05) is 0 Å². The third-order valence-electron chi connectivity index (χ3n) is 4.39. The minimum absolute atomic E-state index is 0.193. The van der Waals surface area contributed by atoms with Gasteiger partial charge in [0.1, 0.15) is 0 Å². The largest absolute Gasteiger partial charge is 0.313 e. The lowest BCUT2D eigenvalue weighted by Crippen LogP contribution is -2.08. The molecule has 0 saturated heterocycles. The van der Waals surface area contributed by atoms with Crippen LogP contribution in [0.4, 0.5) is 0 Å². The Bertz CT molecular complexity index is 986. The van der Waals surface area contributed by atoms with Crippen molar-refractivity contribution in [3.8, 4) is 11.3 Å². The Kier molecular flexibility index (Phi) is 4.07. The van der Waals surface area contributed by atoms with Crippen molar-refractivity contribution in [1.82, 2.24) is 4.57 Å². The number of nitrogens with zero attached hydrogens (tertiary/aromatic N) is 1. The lowest BCUT2D eigenvalue weighted by Gasteiger charge is -2.18. The summed E-state index contributed by atoms with van der Waals surface area (Å²) in [6.45, 7) is 0. The van der Waals surface area contributed by atoms with Crippen molar-refractivity contribution in [3.63, 3.8) is 0 Å². The highest BCUT2D eigenvalue weighted by Gasteiger charge is 2.19. The molecule has 1 aliphatic rings. The Morgan fingerprint density at radius 1 is 1.04 bits per heavy atom. The summed E-state index contributed by atoms with van der Waals surface area (Å²) in [7, 11) is 0. The zero-order valence-corrected chi connectivity index (χ0v) is 15.3. The Hall–Kier alpha value is -1.84. The molecule has 4 rings (SSSR count). The van der Waals surface area contributed by atoms with Crippen molar-refractivity contribution in [2.24, 2.45) is 0 Å². The van der Waals surface area contributed by atoms with Gasteiger partial charge in [0.15, 0.2) is 5.78 Å². The number of aromatic nitrogens is 1. The van der Waals surface area contributed by atoms with Crippen molar-refractivity contribution in [1.29, 1.82) is 0 Å². The fourth-order valence-corrected chi connectivity index (χ4v) is 3.96. The average molecular weight is 401 g/mol. The van der Waals surface area contributed by atoms with Gasteiger partial charge >= 0.3 is 0 Å². The van der Waals surface area contributed by atoms with Crippen LogP contribution in [0.15, 0.2) is 59.1 Å². The van der Waals surface area contributed by atoms with E-state index in [9.17, 15) is 4.79 Å². The van der Waals surface area contributed by atoms with Gasteiger partial charge in [-0.25, -0.2) is 0 Å². The van der Waals surface area contributed by atoms with Crippen molar-refractivity contribution in [3.05, 3.63) is 64.1 Å². The number of hydrogen-bond donors (Lipinski definition) is 0. The van der Waals surface area contributed by atoms with E-state index < -0.39 is 0 Å². The van der Waals surface area contributed by atoms with E-state index in [1.54, 1.807) is 6.08 Å². The molecule has 0 unspecified atom stereocenters. The molecule has 2 nitrogen and oxygen atoms in total. The van der Waals surface area contributed by atoms with E-state index in [2.05, 4.69) is 32.6 Å². The van der Waals surface area contributed by atoms with Crippen LogP contribution < -0.4 is 0 Å². The van der Waals surface area contributed by atoms with Crippen LogP contribution in [0.2, 0.25) is 5.02 Å². The first-order chi connectivity index (χ1) is 11.6. The van der Waals surface area contributed by atoms with Gasteiger partial charge in [-0.05, 0) is 37.1 Å². The first-order valence-corrected chi connectivity index (χ1v) is 9.10. The highest BCUT2D eigenvalue weighted by molar-refractivity contribution is 9.10. The molecule has 2 aromatic carbocycles. The maximum atomic E-state index is 12.0. The van der Waals surface area contributed by atoms with Gasteiger partial charge in [-0.2, -0.15) is 0 Å². The number of allylic oxidation sites excluding steroid dienone is 2. The Balaban J connectivity index is 2.05. The summed E-state index contributed by atoms with van der Waals surface area (Å²) in [6, 6.07) is 16.2. The highest BCUT2D eigenvalue weighted by Crippen LogP contribution is 2.37. The smallest absolute Gasteiger partial charge is 0.157 e. The predicted molar refractivity (Wildman–Crippen MR) is 103 cm³/mol. The number of rotatable bonds is 2. The van der Waals surface area contributed by atoms with Crippen LogP contribution in [0.25, 0.3) is 27.9 Å².